The van der Waals surface area contributed by atoms with Crippen LogP contribution in [0.4, 0.5) is 0 Å². The zero-order valence-corrected chi connectivity index (χ0v) is 12.0. The van der Waals surface area contributed by atoms with E-state index in [0.717, 1.165) is 4.90 Å². The van der Waals surface area contributed by atoms with E-state index >= 15 is 0 Å². The fraction of sp³-hybridized carbons (Fsp3) is 0.231. The Kier molecular flexibility index (Phi) is 4.19. The first kappa shape index (κ1) is 14.3. The number of carboxylic acids is 1. The number of aromatic nitrogens is 1. The SMILES string of the molecule is COc1c(SC)ccc(-c2cc(C(=O)O)on2)c1OC. The Morgan fingerprint density at radius 2 is 2.00 bits per heavy atom. The Morgan fingerprint density at radius 1 is 1.30 bits per heavy atom. The first-order valence-corrected chi connectivity index (χ1v) is 6.84. The summed E-state index contributed by atoms with van der Waals surface area (Å²) in [5.74, 6) is -0.327. The molecule has 20 heavy (non-hydrogen) atoms. The number of rotatable bonds is 5. The van der Waals surface area contributed by atoms with Crippen LogP contribution in [-0.2, 0) is 0 Å². The second-order valence-corrected chi connectivity index (χ2v) is 4.61. The molecule has 0 aliphatic rings. The van der Waals surface area contributed by atoms with Crippen LogP contribution in [0, 0.1) is 0 Å². The van der Waals surface area contributed by atoms with Gasteiger partial charge in [0.25, 0.3) is 0 Å². The summed E-state index contributed by atoms with van der Waals surface area (Å²) in [5.41, 5.74) is 0.989. The molecule has 6 nitrogen and oxygen atoms in total. The number of ether oxygens (including phenoxy) is 2. The lowest BCUT2D eigenvalue weighted by atomic mass is 10.1. The third kappa shape index (κ3) is 2.44. The van der Waals surface area contributed by atoms with E-state index in [-0.39, 0.29) is 5.76 Å². The van der Waals surface area contributed by atoms with Crippen LogP contribution in [0.1, 0.15) is 10.6 Å². The van der Waals surface area contributed by atoms with Gasteiger partial charge in [-0.15, -0.1) is 11.8 Å². The fourth-order valence-electron chi connectivity index (χ4n) is 1.81. The van der Waals surface area contributed by atoms with Gasteiger partial charge in [-0.25, -0.2) is 4.79 Å². The molecule has 0 unspecified atom stereocenters. The average molecular weight is 295 g/mol. The molecule has 2 rings (SSSR count). The van der Waals surface area contributed by atoms with Crippen molar-refractivity contribution in [3.8, 4) is 22.8 Å². The molecular weight excluding hydrogens is 282 g/mol. The van der Waals surface area contributed by atoms with Crippen LogP contribution in [0.3, 0.4) is 0 Å². The molecule has 0 spiro atoms. The lowest BCUT2D eigenvalue weighted by molar-refractivity contribution is 0.0652. The minimum absolute atomic E-state index is 0.227. The highest BCUT2D eigenvalue weighted by Gasteiger charge is 2.20. The van der Waals surface area contributed by atoms with E-state index in [0.29, 0.717) is 22.8 Å². The number of thioether (sulfide) groups is 1. The van der Waals surface area contributed by atoms with Gasteiger partial charge in [0.2, 0.25) is 5.76 Å². The number of hydrogen-bond donors (Lipinski definition) is 1. The lowest BCUT2D eigenvalue weighted by Crippen LogP contribution is -1.95. The summed E-state index contributed by atoms with van der Waals surface area (Å²) < 4.78 is 15.5. The van der Waals surface area contributed by atoms with Gasteiger partial charge >= 0.3 is 5.97 Å². The summed E-state index contributed by atoms with van der Waals surface area (Å²) in [4.78, 5) is 11.7. The minimum atomic E-state index is -1.17. The number of aromatic carboxylic acids is 1. The molecule has 0 saturated carbocycles. The topological polar surface area (TPSA) is 81.8 Å². The first-order valence-electron chi connectivity index (χ1n) is 5.61. The van der Waals surface area contributed by atoms with Crippen molar-refractivity contribution in [2.24, 2.45) is 0 Å². The second-order valence-electron chi connectivity index (χ2n) is 3.76. The van der Waals surface area contributed by atoms with Crippen molar-refractivity contribution in [2.75, 3.05) is 20.5 Å². The van der Waals surface area contributed by atoms with Gasteiger partial charge in [-0.1, -0.05) is 5.16 Å². The van der Waals surface area contributed by atoms with Gasteiger partial charge in [0.15, 0.2) is 11.5 Å². The van der Waals surface area contributed by atoms with E-state index in [1.54, 1.807) is 13.2 Å². The molecular formula is C13H13NO5S. The highest BCUT2D eigenvalue weighted by Crippen LogP contribution is 2.43. The lowest BCUT2D eigenvalue weighted by Gasteiger charge is -2.14. The predicted molar refractivity (Wildman–Crippen MR) is 73.8 cm³/mol. The molecule has 1 heterocycles. The van der Waals surface area contributed by atoms with Crippen LogP contribution in [-0.4, -0.2) is 36.7 Å². The first-order chi connectivity index (χ1) is 9.62. The van der Waals surface area contributed by atoms with Crippen LogP contribution in [0.2, 0.25) is 0 Å². The number of methoxy groups -OCH3 is 2. The number of nitrogens with zero attached hydrogens (tertiary/aromatic N) is 1. The van der Waals surface area contributed by atoms with E-state index in [1.165, 1.54) is 24.9 Å². The largest absolute Gasteiger partial charge is 0.492 e. The second kappa shape index (κ2) is 5.87. The molecule has 106 valence electrons. The molecule has 2 aromatic rings. The Morgan fingerprint density at radius 3 is 2.50 bits per heavy atom. The van der Waals surface area contributed by atoms with Crippen molar-refractivity contribution in [3.05, 3.63) is 24.0 Å². The van der Waals surface area contributed by atoms with Crippen molar-refractivity contribution >= 4 is 17.7 Å². The van der Waals surface area contributed by atoms with Crippen molar-refractivity contribution in [3.63, 3.8) is 0 Å². The molecule has 1 N–H and O–H groups in total. The third-order valence-corrected chi connectivity index (χ3v) is 3.46. The van der Waals surface area contributed by atoms with E-state index in [4.69, 9.17) is 19.1 Å². The number of hydrogen-bond acceptors (Lipinski definition) is 6. The fourth-order valence-corrected chi connectivity index (χ4v) is 2.37. The van der Waals surface area contributed by atoms with E-state index in [2.05, 4.69) is 5.16 Å². The molecule has 7 heteroatoms. The molecule has 0 atom stereocenters. The molecule has 1 aromatic heterocycles. The van der Waals surface area contributed by atoms with Crippen molar-refractivity contribution in [1.29, 1.82) is 0 Å². The zero-order chi connectivity index (χ0) is 14.7. The van der Waals surface area contributed by atoms with E-state index < -0.39 is 5.97 Å². The number of carboxylic acid groups (broad SMARTS) is 1. The molecule has 0 fully saturated rings. The summed E-state index contributed by atoms with van der Waals surface area (Å²) in [7, 11) is 3.07. The third-order valence-electron chi connectivity index (χ3n) is 2.70. The maximum absolute atomic E-state index is 10.8. The van der Waals surface area contributed by atoms with Crippen LogP contribution in [0.5, 0.6) is 11.5 Å². The smallest absolute Gasteiger partial charge is 0.374 e. The molecule has 1 aromatic carbocycles. The normalized spacial score (nSPS) is 10.3. The standard InChI is InChI=1S/C13H13NO5S/c1-17-11-7(4-5-10(20-3)12(11)18-2)8-6-9(13(15)16)19-14-8/h4-6H,1-3H3,(H,15,16). The van der Waals surface area contributed by atoms with Crippen LogP contribution >= 0.6 is 11.8 Å². The minimum Gasteiger partial charge on any atom is -0.492 e. The van der Waals surface area contributed by atoms with Crippen molar-refractivity contribution in [2.45, 2.75) is 4.90 Å². The summed E-state index contributed by atoms with van der Waals surface area (Å²) >= 11 is 1.52. The van der Waals surface area contributed by atoms with Gasteiger partial charge in [-0.05, 0) is 18.4 Å². The average Bonchev–Trinajstić information content (AvgIpc) is 2.95. The molecule has 0 saturated heterocycles. The van der Waals surface area contributed by atoms with E-state index in [9.17, 15) is 4.79 Å². The summed E-state index contributed by atoms with van der Waals surface area (Å²) in [6.07, 6.45) is 1.93. The number of carbonyl (C=O) groups is 1. The van der Waals surface area contributed by atoms with Crippen molar-refractivity contribution in [1.82, 2.24) is 5.16 Å². The number of benzene rings is 1. The summed E-state index contributed by atoms with van der Waals surface area (Å²) in [6.45, 7) is 0. The Balaban J connectivity index is 2.58. The van der Waals surface area contributed by atoms with Crippen LogP contribution < -0.4 is 9.47 Å². The Labute approximate surface area is 119 Å². The highest BCUT2D eigenvalue weighted by molar-refractivity contribution is 7.98. The molecule has 0 bridgehead atoms. The Bertz CT molecular complexity index is 638. The zero-order valence-electron chi connectivity index (χ0n) is 11.2. The maximum atomic E-state index is 10.8. The van der Waals surface area contributed by atoms with E-state index in [1.807, 2.05) is 12.3 Å². The van der Waals surface area contributed by atoms with Gasteiger partial charge in [0, 0.05) is 11.6 Å². The monoisotopic (exact) mass is 295 g/mol. The molecule has 0 amide bonds. The maximum Gasteiger partial charge on any atom is 0.374 e. The van der Waals surface area contributed by atoms with Gasteiger partial charge < -0.3 is 19.1 Å². The van der Waals surface area contributed by atoms with Crippen LogP contribution in [0.15, 0.2) is 27.6 Å². The summed E-state index contributed by atoms with van der Waals surface area (Å²) in [6, 6.07) is 4.99. The molecule has 0 aliphatic heterocycles. The Hall–Kier alpha value is -2.15. The highest BCUT2D eigenvalue weighted by atomic mass is 32.2. The quantitative estimate of drug-likeness (QED) is 0.849. The van der Waals surface area contributed by atoms with Gasteiger partial charge in [-0.3, -0.25) is 0 Å². The summed E-state index contributed by atoms with van der Waals surface area (Å²) in [5, 5.41) is 12.6. The van der Waals surface area contributed by atoms with Gasteiger partial charge in [0.05, 0.1) is 19.1 Å². The van der Waals surface area contributed by atoms with Gasteiger partial charge in [-0.2, -0.15) is 0 Å². The van der Waals surface area contributed by atoms with Crippen molar-refractivity contribution < 1.29 is 23.9 Å². The predicted octanol–water partition coefficient (Wildman–Crippen LogP) is 2.78. The van der Waals surface area contributed by atoms with Gasteiger partial charge in [0.1, 0.15) is 5.69 Å². The molecule has 0 aliphatic carbocycles. The van der Waals surface area contributed by atoms with Crippen LogP contribution in [0.25, 0.3) is 11.3 Å². The molecule has 0 radical (unpaired) electrons.